The molecule has 2 aliphatic rings. The summed E-state index contributed by atoms with van der Waals surface area (Å²) in [5, 5.41) is 0. The van der Waals surface area contributed by atoms with Crippen molar-refractivity contribution >= 4 is 0 Å². The molecule has 2 heterocycles. The summed E-state index contributed by atoms with van der Waals surface area (Å²) in [6.07, 6.45) is 0.341. The van der Waals surface area contributed by atoms with Crippen LogP contribution in [0.2, 0.25) is 0 Å². The van der Waals surface area contributed by atoms with Gasteiger partial charge in [-0.1, -0.05) is 13.8 Å². The third-order valence-electron chi connectivity index (χ3n) is 4.10. The van der Waals surface area contributed by atoms with Crippen LogP contribution in [-0.4, -0.2) is 102 Å². The first-order chi connectivity index (χ1) is 11.7. The third kappa shape index (κ3) is 11.3. The van der Waals surface area contributed by atoms with Crippen molar-refractivity contribution in [2.75, 3.05) is 80.0 Å². The van der Waals surface area contributed by atoms with E-state index in [0.717, 1.165) is 65.8 Å². The fourth-order valence-corrected chi connectivity index (χ4v) is 2.59. The molecule has 0 aromatic heterocycles. The van der Waals surface area contributed by atoms with Crippen molar-refractivity contribution < 1.29 is 18.9 Å². The maximum absolute atomic E-state index is 5.25. The molecule has 2 saturated heterocycles. The normalized spacial score (nSPS) is 21.8. The molecule has 0 radical (unpaired) electrons. The van der Waals surface area contributed by atoms with Gasteiger partial charge < -0.3 is 18.9 Å². The van der Waals surface area contributed by atoms with Crippen LogP contribution in [0.5, 0.6) is 0 Å². The van der Waals surface area contributed by atoms with Gasteiger partial charge in [-0.25, -0.2) is 0 Å². The second-order valence-corrected chi connectivity index (χ2v) is 5.91. The second-order valence-electron chi connectivity index (χ2n) is 5.91. The zero-order valence-corrected chi connectivity index (χ0v) is 16.8. The lowest BCUT2D eigenvalue weighted by Crippen LogP contribution is -2.43. The van der Waals surface area contributed by atoms with Gasteiger partial charge in [0.25, 0.3) is 0 Å². The highest BCUT2D eigenvalue weighted by molar-refractivity contribution is 4.69. The fourth-order valence-electron chi connectivity index (χ4n) is 2.59. The number of ether oxygens (including phenoxy) is 4. The molecular weight excluding hydrogens is 308 g/mol. The molecule has 0 aromatic rings. The Hall–Kier alpha value is -0.240. The predicted molar refractivity (Wildman–Crippen MR) is 98.8 cm³/mol. The Morgan fingerprint density at radius 1 is 0.875 bits per heavy atom. The van der Waals surface area contributed by atoms with E-state index in [1.165, 1.54) is 0 Å². The van der Waals surface area contributed by atoms with Crippen LogP contribution in [0.15, 0.2) is 0 Å². The van der Waals surface area contributed by atoms with Crippen LogP contribution in [0.3, 0.4) is 0 Å². The molecule has 6 nitrogen and oxygen atoms in total. The maximum Gasteiger partial charge on any atom is 0.0670 e. The van der Waals surface area contributed by atoms with Crippen LogP contribution in [0.25, 0.3) is 0 Å². The van der Waals surface area contributed by atoms with E-state index in [1.54, 1.807) is 14.2 Å². The third-order valence-corrected chi connectivity index (χ3v) is 4.10. The molecule has 146 valence electrons. The molecule has 2 atom stereocenters. The van der Waals surface area contributed by atoms with Crippen molar-refractivity contribution in [2.24, 2.45) is 0 Å². The Morgan fingerprint density at radius 2 is 1.38 bits per heavy atom. The van der Waals surface area contributed by atoms with Crippen LogP contribution < -0.4 is 0 Å². The van der Waals surface area contributed by atoms with Crippen LogP contribution >= 0.6 is 0 Å². The summed E-state index contributed by atoms with van der Waals surface area (Å²) >= 11 is 0. The summed E-state index contributed by atoms with van der Waals surface area (Å²) in [4.78, 5) is 4.77. The summed E-state index contributed by atoms with van der Waals surface area (Å²) in [6.45, 7) is 17.8. The number of hydrogen-bond donors (Lipinski definition) is 0. The molecule has 2 aliphatic heterocycles. The molecule has 2 unspecified atom stereocenters. The molecule has 0 aliphatic carbocycles. The van der Waals surface area contributed by atoms with E-state index in [9.17, 15) is 0 Å². The van der Waals surface area contributed by atoms with Crippen LogP contribution in [0.1, 0.15) is 27.7 Å². The van der Waals surface area contributed by atoms with Gasteiger partial charge in [0, 0.05) is 53.0 Å². The Kier molecular flexibility index (Phi) is 16.1. The van der Waals surface area contributed by atoms with E-state index in [4.69, 9.17) is 18.9 Å². The monoisotopic (exact) mass is 348 g/mol. The summed E-state index contributed by atoms with van der Waals surface area (Å²) in [5.74, 6) is 0. The van der Waals surface area contributed by atoms with Gasteiger partial charge in [-0.3, -0.25) is 9.80 Å². The molecule has 0 bridgehead atoms. The van der Waals surface area contributed by atoms with Crippen molar-refractivity contribution in [1.29, 1.82) is 0 Å². The SMILES string of the molecule is CC.COC(C)CN1CCOCC1.COCC(C)N1CCOCC1. The zero-order valence-electron chi connectivity index (χ0n) is 16.8. The first-order valence-electron chi connectivity index (χ1n) is 9.31. The van der Waals surface area contributed by atoms with E-state index in [-0.39, 0.29) is 0 Å². The van der Waals surface area contributed by atoms with Gasteiger partial charge in [0.15, 0.2) is 0 Å². The van der Waals surface area contributed by atoms with Gasteiger partial charge >= 0.3 is 0 Å². The molecule has 24 heavy (non-hydrogen) atoms. The average Bonchev–Trinajstić information content (AvgIpc) is 2.65. The Morgan fingerprint density at radius 3 is 1.83 bits per heavy atom. The number of hydrogen-bond acceptors (Lipinski definition) is 6. The summed E-state index contributed by atoms with van der Waals surface area (Å²) in [7, 11) is 3.50. The highest BCUT2D eigenvalue weighted by Gasteiger charge is 2.16. The number of morpholine rings is 2. The first kappa shape index (κ1) is 23.8. The highest BCUT2D eigenvalue weighted by atomic mass is 16.5. The largest absolute Gasteiger partial charge is 0.383 e. The highest BCUT2D eigenvalue weighted by Crippen LogP contribution is 2.03. The number of rotatable bonds is 6. The van der Waals surface area contributed by atoms with Gasteiger partial charge in [-0.15, -0.1) is 0 Å². The van der Waals surface area contributed by atoms with Crippen LogP contribution in [-0.2, 0) is 18.9 Å². The Balaban J connectivity index is 0.000000400. The van der Waals surface area contributed by atoms with Gasteiger partial charge in [-0.05, 0) is 13.8 Å². The smallest absolute Gasteiger partial charge is 0.0670 e. The number of nitrogens with zero attached hydrogens (tertiary/aromatic N) is 2. The second kappa shape index (κ2) is 16.2. The molecule has 0 amide bonds. The number of methoxy groups -OCH3 is 2. The summed E-state index contributed by atoms with van der Waals surface area (Å²) in [6, 6.07) is 0.531. The first-order valence-corrected chi connectivity index (χ1v) is 9.31. The standard InChI is InChI=1S/2C8H17NO2.C2H6/c1-8(7-10-2)9-3-5-11-6-4-9;1-8(10-2)7-9-3-5-11-6-4-9;1-2/h2*8H,3-7H2,1-2H3;1-2H3. The molecule has 2 rings (SSSR count). The molecule has 6 heteroatoms. The molecule has 0 N–H and O–H groups in total. The van der Waals surface area contributed by atoms with Gasteiger partial charge in [0.2, 0.25) is 0 Å². The zero-order chi connectivity index (χ0) is 18.2. The van der Waals surface area contributed by atoms with Crippen molar-refractivity contribution in [3.8, 4) is 0 Å². The Bertz CT molecular complexity index is 257. The fraction of sp³-hybridized carbons (Fsp3) is 1.00. The van der Waals surface area contributed by atoms with Gasteiger partial charge in [-0.2, -0.15) is 0 Å². The average molecular weight is 349 g/mol. The lowest BCUT2D eigenvalue weighted by molar-refractivity contribution is 0.00189. The van der Waals surface area contributed by atoms with E-state index < -0.39 is 0 Å². The summed E-state index contributed by atoms with van der Waals surface area (Å²) < 4.78 is 20.7. The van der Waals surface area contributed by atoms with Gasteiger partial charge in [0.05, 0.1) is 39.1 Å². The van der Waals surface area contributed by atoms with Crippen LogP contribution in [0, 0.1) is 0 Å². The molecule has 0 spiro atoms. The van der Waals surface area contributed by atoms with E-state index >= 15 is 0 Å². The van der Waals surface area contributed by atoms with E-state index in [1.807, 2.05) is 13.8 Å². The Labute approximate surface area is 149 Å². The van der Waals surface area contributed by atoms with E-state index in [0.29, 0.717) is 12.1 Å². The molecular formula is C18H40N2O4. The lowest BCUT2D eigenvalue weighted by atomic mass is 10.3. The summed E-state index contributed by atoms with van der Waals surface area (Å²) in [5.41, 5.74) is 0. The quantitative estimate of drug-likeness (QED) is 0.728. The minimum Gasteiger partial charge on any atom is -0.383 e. The molecule has 0 saturated carbocycles. The minimum atomic E-state index is 0.341. The lowest BCUT2D eigenvalue weighted by Gasteiger charge is -2.31. The predicted octanol–water partition coefficient (Wildman–Crippen LogP) is 1.73. The molecule has 2 fully saturated rings. The maximum atomic E-state index is 5.25. The molecule has 0 aromatic carbocycles. The van der Waals surface area contributed by atoms with Crippen LogP contribution in [0.4, 0.5) is 0 Å². The van der Waals surface area contributed by atoms with Crippen molar-refractivity contribution in [1.82, 2.24) is 9.80 Å². The van der Waals surface area contributed by atoms with E-state index in [2.05, 4.69) is 23.6 Å². The van der Waals surface area contributed by atoms with Crippen molar-refractivity contribution in [2.45, 2.75) is 39.8 Å². The minimum absolute atomic E-state index is 0.341. The topological polar surface area (TPSA) is 43.4 Å². The van der Waals surface area contributed by atoms with Crippen molar-refractivity contribution in [3.05, 3.63) is 0 Å². The van der Waals surface area contributed by atoms with Crippen molar-refractivity contribution in [3.63, 3.8) is 0 Å². The van der Waals surface area contributed by atoms with Gasteiger partial charge in [0.1, 0.15) is 0 Å².